The highest BCUT2D eigenvalue weighted by Gasteiger charge is 2.30. The summed E-state index contributed by atoms with van der Waals surface area (Å²) in [7, 11) is 0. The highest BCUT2D eigenvalue weighted by molar-refractivity contribution is 7.15. The van der Waals surface area contributed by atoms with Gasteiger partial charge in [0.2, 0.25) is 11.8 Å². The van der Waals surface area contributed by atoms with E-state index in [-0.39, 0.29) is 17.7 Å². The molecule has 1 aromatic carbocycles. The maximum atomic E-state index is 12.8. The average Bonchev–Trinajstić information content (AvgIpc) is 3.15. The third kappa shape index (κ3) is 5.20. The van der Waals surface area contributed by atoms with Crippen LogP contribution in [0.5, 0.6) is 0 Å². The van der Waals surface area contributed by atoms with Crippen molar-refractivity contribution in [2.75, 3.05) is 26.2 Å². The Morgan fingerprint density at radius 2 is 1.71 bits per heavy atom. The molecular weight excluding hydrogens is 370 g/mol. The number of benzene rings is 1. The normalized spacial score (nSPS) is 16.2. The van der Waals surface area contributed by atoms with Crippen LogP contribution in [0.3, 0.4) is 0 Å². The number of thiophene rings is 1. The third-order valence-corrected chi connectivity index (χ3v) is 6.19. The van der Waals surface area contributed by atoms with Crippen molar-refractivity contribution in [2.45, 2.75) is 33.4 Å². The number of hydrogen-bond acceptors (Lipinski definition) is 4. The number of nitrogens with one attached hydrogen (secondary N) is 1. The Hall–Kier alpha value is -2.18. The number of carbonyl (C=O) groups is 2. The van der Waals surface area contributed by atoms with E-state index in [0.717, 1.165) is 19.6 Å². The van der Waals surface area contributed by atoms with Crippen molar-refractivity contribution in [2.24, 2.45) is 5.92 Å². The molecule has 6 heteroatoms. The van der Waals surface area contributed by atoms with Crippen LogP contribution in [0, 0.1) is 5.92 Å². The average molecular weight is 400 g/mol. The van der Waals surface area contributed by atoms with E-state index in [1.54, 1.807) is 0 Å². The highest BCUT2D eigenvalue weighted by atomic mass is 32.1. The SMILES string of the molecule is CC(=O)NC(C(=O)N1CCN(Cc2ccc(-c3ccccc3)s2)CC1)C(C)C. The number of piperazine rings is 1. The topological polar surface area (TPSA) is 52.7 Å². The van der Waals surface area contributed by atoms with Gasteiger partial charge in [0.25, 0.3) is 0 Å². The minimum absolute atomic E-state index is 0.0346. The molecule has 0 bridgehead atoms. The van der Waals surface area contributed by atoms with Crippen molar-refractivity contribution in [3.05, 3.63) is 47.3 Å². The van der Waals surface area contributed by atoms with E-state index in [1.165, 1.54) is 22.2 Å². The van der Waals surface area contributed by atoms with Crippen LogP contribution in [0.4, 0.5) is 0 Å². The Labute approximate surface area is 171 Å². The molecule has 2 heterocycles. The molecule has 1 aromatic heterocycles. The molecule has 0 radical (unpaired) electrons. The summed E-state index contributed by atoms with van der Waals surface area (Å²) in [5.74, 6) is -0.0399. The van der Waals surface area contributed by atoms with E-state index in [9.17, 15) is 9.59 Å². The molecule has 1 atom stereocenters. The van der Waals surface area contributed by atoms with Gasteiger partial charge in [-0.25, -0.2) is 0 Å². The van der Waals surface area contributed by atoms with Gasteiger partial charge < -0.3 is 10.2 Å². The summed E-state index contributed by atoms with van der Waals surface area (Å²) in [5.41, 5.74) is 1.26. The van der Waals surface area contributed by atoms with Crippen molar-refractivity contribution in [3.63, 3.8) is 0 Å². The van der Waals surface area contributed by atoms with Gasteiger partial charge in [0.15, 0.2) is 0 Å². The van der Waals surface area contributed by atoms with Crippen molar-refractivity contribution < 1.29 is 9.59 Å². The summed E-state index contributed by atoms with van der Waals surface area (Å²) < 4.78 is 0. The van der Waals surface area contributed by atoms with E-state index in [0.29, 0.717) is 13.1 Å². The minimum Gasteiger partial charge on any atom is -0.344 e. The van der Waals surface area contributed by atoms with Gasteiger partial charge in [-0.15, -0.1) is 11.3 Å². The number of carbonyl (C=O) groups excluding carboxylic acids is 2. The predicted octanol–water partition coefficient (Wildman–Crippen LogP) is 3.22. The van der Waals surface area contributed by atoms with E-state index >= 15 is 0 Å². The first-order chi connectivity index (χ1) is 13.4. The van der Waals surface area contributed by atoms with Gasteiger partial charge in [-0.2, -0.15) is 0 Å². The maximum absolute atomic E-state index is 12.8. The quantitative estimate of drug-likeness (QED) is 0.811. The summed E-state index contributed by atoms with van der Waals surface area (Å²) in [6, 6.07) is 14.4. The lowest BCUT2D eigenvalue weighted by Crippen LogP contribution is -2.56. The van der Waals surface area contributed by atoms with Gasteiger partial charge in [-0.1, -0.05) is 44.2 Å². The Bertz CT molecular complexity index is 795. The lowest BCUT2D eigenvalue weighted by atomic mass is 10.0. The molecule has 1 unspecified atom stereocenters. The standard InChI is InChI=1S/C22H29N3O2S/c1-16(2)21(23-17(3)26)22(27)25-13-11-24(12-14-25)15-19-9-10-20(28-19)18-7-5-4-6-8-18/h4-10,16,21H,11-15H2,1-3H3,(H,23,26). The molecule has 1 fully saturated rings. The highest BCUT2D eigenvalue weighted by Crippen LogP contribution is 2.28. The number of hydrogen-bond donors (Lipinski definition) is 1. The van der Waals surface area contributed by atoms with Gasteiger partial charge >= 0.3 is 0 Å². The second-order valence-corrected chi connectivity index (χ2v) is 8.82. The van der Waals surface area contributed by atoms with Crippen LogP contribution in [-0.4, -0.2) is 53.8 Å². The number of rotatable bonds is 6. The zero-order chi connectivity index (χ0) is 20.1. The van der Waals surface area contributed by atoms with E-state index in [1.807, 2.05) is 36.2 Å². The van der Waals surface area contributed by atoms with Crippen LogP contribution in [0.2, 0.25) is 0 Å². The second-order valence-electron chi connectivity index (χ2n) is 7.66. The Balaban J connectivity index is 1.53. The maximum Gasteiger partial charge on any atom is 0.245 e. The molecule has 1 saturated heterocycles. The van der Waals surface area contributed by atoms with Crippen LogP contribution in [0.25, 0.3) is 10.4 Å². The molecular formula is C22H29N3O2S. The minimum atomic E-state index is -0.435. The van der Waals surface area contributed by atoms with E-state index in [4.69, 9.17) is 0 Å². The van der Waals surface area contributed by atoms with Crippen LogP contribution in [-0.2, 0) is 16.1 Å². The Kier molecular flexibility index (Phi) is 6.86. The third-order valence-electron chi connectivity index (χ3n) is 5.07. The summed E-state index contributed by atoms with van der Waals surface area (Å²) in [6.45, 7) is 9.44. The molecule has 0 spiro atoms. The molecule has 0 saturated carbocycles. The predicted molar refractivity (Wildman–Crippen MR) is 114 cm³/mol. The summed E-state index contributed by atoms with van der Waals surface area (Å²) in [6.07, 6.45) is 0. The van der Waals surface area contributed by atoms with Crippen molar-refractivity contribution in [1.82, 2.24) is 15.1 Å². The fourth-order valence-electron chi connectivity index (χ4n) is 3.50. The zero-order valence-corrected chi connectivity index (χ0v) is 17.7. The van der Waals surface area contributed by atoms with Gasteiger partial charge in [-0.05, 0) is 23.6 Å². The van der Waals surface area contributed by atoms with E-state index in [2.05, 4.69) is 46.6 Å². The molecule has 5 nitrogen and oxygen atoms in total. The Morgan fingerprint density at radius 3 is 2.32 bits per heavy atom. The first-order valence-electron chi connectivity index (χ1n) is 9.86. The van der Waals surface area contributed by atoms with Crippen LogP contribution in [0.1, 0.15) is 25.6 Å². The van der Waals surface area contributed by atoms with E-state index < -0.39 is 6.04 Å². The van der Waals surface area contributed by atoms with Crippen molar-refractivity contribution >= 4 is 23.2 Å². The lowest BCUT2D eigenvalue weighted by molar-refractivity contribution is -0.138. The molecule has 2 amide bonds. The van der Waals surface area contributed by atoms with Gasteiger partial charge in [0.1, 0.15) is 6.04 Å². The molecule has 1 N–H and O–H groups in total. The second kappa shape index (κ2) is 9.34. The largest absolute Gasteiger partial charge is 0.344 e. The number of nitrogens with zero attached hydrogens (tertiary/aromatic N) is 2. The number of amides is 2. The molecule has 28 heavy (non-hydrogen) atoms. The van der Waals surface area contributed by atoms with Crippen LogP contribution < -0.4 is 5.32 Å². The summed E-state index contributed by atoms with van der Waals surface area (Å²) in [4.78, 5) is 31.1. The van der Waals surface area contributed by atoms with Gasteiger partial charge in [-0.3, -0.25) is 14.5 Å². The smallest absolute Gasteiger partial charge is 0.245 e. The molecule has 2 aromatic rings. The molecule has 150 valence electrons. The zero-order valence-electron chi connectivity index (χ0n) is 16.9. The fourth-order valence-corrected chi connectivity index (χ4v) is 4.55. The van der Waals surface area contributed by atoms with Crippen LogP contribution in [0.15, 0.2) is 42.5 Å². The van der Waals surface area contributed by atoms with Gasteiger partial charge in [0.05, 0.1) is 0 Å². The molecule has 0 aliphatic carbocycles. The molecule has 1 aliphatic heterocycles. The van der Waals surface area contributed by atoms with Crippen molar-refractivity contribution in [1.29, 1.82) is 0 Å². The van der Waals surface area contributed by atoms with Crippen LogP contribution >= 0.6 is 11.3 Å². The fraction of sp³-hybridized carbons (Fsp3) is 0.455. The summed E-state index contributed by atoms with van der Waals surface area (Å²) in [5, 5.41) is 2.80. The van der Waals surface area contributed by atoms with Gasteiger partial charge in [0, 0.05) is 49.4 Å². The first kappa shape index (κ1) is 20.6. The monoisotopic (exact) mass is 399 g/mol. The molecule has 1 aliphatic rings. The lowest BCUT2D eigenvalue weighted by Gasteiger charge is -2.37. The van der Waals surface area contributed by atoms with Crippen molar-refractivity contribution in [3.8, 4) is 10.4 Å². The summed E-state index contributed by atoms with van der Waals surface area (Å²) >= 11 is 1.83. The molecule has 3 rings (SSSR count). The Morgan fingerprint density at radius 1 is 1.04 bits per heavy atom. The first-order valence-corrected chi connectivity index (χ1v) is 10.7.